The third-order valence-electron chi connectivity index (χ3n) is 9.12. The first kappa shape index (κ1) is 41.4. The minimum absolute atomic E-state index is 0.0291. The summed E-state index contributed by atoms with van der Waals surface area (Å²) in [6, 6.07) is -0.527. The van der Waals surface area contributed by atoms with Crippen LogP contribution in [0.2, 0.25) is 0 Å². The van der Waals surface area contributed by atoms with Gasteiger partial charge >= 0.3 is 0 Å². The van der Waals surface area contributed by atoms with Crippen molar-refractivity contribution in [3.63, 3.8) is 0 Å². The van der Waals surface area contributed by atoms with Crippen LogP contribution in [0.3, 0.4) is 0 Å². The third-order valence-corrected chi connectivity index (χ3v) is 9.12. The molecule has 0 saturated carbocycles. The molecule has 4 nitrogen and oxygen atoms in total. The van der Waals surface area contributed by atoms with Crippen LogP contribution < -0.4 is 5.32 Å². The maximum atomic E-state index is 12.3. The summed E-state index contributed by atoms with van der Waals surface area (Å²) in [5, 5.41) is 23.1. The quantitative estimate of drug-likeness (QED) is 0.0638. The van der Waals surface area contributed by atoms with E-state index in [0.717, 1.165) is 25.7 Å². The zero-order chi connectivity index (χ0) is 30.8. The fourth-order valence-corrected chi connectivity index (χ4v) is 6.13. The smallest absolute Gasteiger partial charge is 0.220 e. The molecule has 252 valence electrons. The third kappa shape index (κ3) is 30.8. The average molecular weight is 596 g/mol. The van der Waals surface area contributed by atoms with E-state index in [-0.39, 0.29) is 12.5 Å². The second-order valence-electron chi connectivity index (χ2n) is 13.4. The standard InChI is InChI=1S/C38H77NO3/c1-3-5-7-9-11-13-15-17-18-19-20-22-23-25-27-29-31-33-37(41)36(35-40)39-38(42)34-32-30-28-26-24-21-16-14-12-10-8-6-4-2/h36-37,40-41H,3-35H2,1-2H3,(H,39,42). The van der Waals surface area contributed by atoms with Gasteiger partial charge in [0, 0.05) is 6.42 Å². The van der Waals surface area contributed by atoms with E-state index in [9.17, 15) is 15.0 Å². The van der Waals surface area contributed by atoms with Crippen LogP contribution in [0.15, 0.2) is 0 Å². The average Bonchev–Trinajstić information content (AvgIpc) is 2.99. The van der Waals surface area contributed by atoms with E-state index in [1.807, 2.05) is 0 Å². The van der Waals surface area contributed by atoms with Crippen LogP contribution in [0, 0.1) is 0 Å². The number of aliphatic hydroxyl groups is 2. The first-order valence-electron chi connectivity index (χ1n) is 19.2. The first-order valence-corrected chi connectivity index (χ1v) is 19.2. The van der Waals surface area contributed by atoms with E-state index >= 15 is 0 Å². The summed E-state index contributed by atoms with van der Waals surface area (Å²) in [7, 11) is 0. The van der Waals surface area contributed by atoms with Gasteiger partial charge in [0.2, 0.25) is 5.91 Å². The Kier molecular flexibility index (Phi) is 34.4. The Bertz CT molecular complexity index is 526. The number of hydrogen-bond donors (Lipinski definition) is 3. The molecule has 0 fully saturated rings. The van der Waals surface area contributed by atoms with Crippen LogP contribution in [0.5, 0.6) is 0 Å². The van der Waals surface area contributed by atoms with Crippen molar-refractivity contribution in [1.29, 1.82) is 0 Å². The maximum Gasteiger partial charge on any atom is 0.220 e. The highest BCUT2D eigenvalue weighted by molar-refractivity contribution is 5.76. The van der Waals surface area contributed by atoms with Crippen molar-refractivity contribution in [2.45, 2.75) is 231 Å². The van der Waals surface area contributed by atoms with Gasteiger partial charge in [0.1, 0.15) is 0 Å². The number of carbonyl (C=O) groups excluding carboxylic acids is 1. The van der Waals surface area contributed by atoms with Gasteiger partial charge in [-0.05, 0) is 12.8 Å². The van der Waals surface area contributed by atoms with Gasteiger partial charge in [0.15, 0.2) is 0 Å². The summed E-state index contributed by atoms with van der Waals surface area (Å²) in [6.07, 6.45) is 40.1. The molecule has 0 heterocycles. The molecule has 0 aromatic rings. The number of nitrogens with one attached hydrogen (secondary N) is 1. The molecular weight excluding hydrogens is 518 g/mol. The molecule has 2 unspecified atom stereocenters. The lowest BCUT2D eigenvalue weighted by atomic mass is 10.0. The van der Waals surface area contributed by atoms with E-state index in [0.29, 0.717) is 12.8 Å². The van der Waals surface area contributed by atoms with Gasteiger partial charge in [-0.25, -0.2) is 0 Å². The minimum Gasteiger partial charge on any atom is -0.394 e. The van der Waals surface area contributed by atoms with Crippen molar-refractivity contribution in [3.05, 3.63) is 0 Å². The zero-order valence-corrected chi connectivity index (χ0v) is 28.8. The molecule has 4 heteroatoms. The molecule has 0 rings (SSSR count). The number of carbonyl (C=O) groups is 1. The zero-order valence-electron chi connectivity index (χ0n) is 28.8. The van der Waals surface area contributed by atoms with Gasteiger partial charge in [0.25, 0.3) is 0 Å². The van der Waals surface area contributed by atoms with Gasteiger partial charge in [-0.3, -0.25) is 4.79 Å². The van der Waals surface area contributed by atoms with E-state index < -0.39 is 12.1 Å². The number of aliphatic hydroxyl groups excluding tert-OH is 2. The Morgan fingerprint density at radius 1 is 0.476 bits per heavy atom. The lowest BCUT2D eigenvalue weighted by Crippen LogP contribution is -2.45. The lowest BCUT2D eigenvalue weighted by Gasteiger charge is -2.22. The summed E-state index contributed by atoms with van der Waals surface area (Å²) in [6.45, 7) is 4.36. The normalized spacial score (nSPS) is 13.0. The van der Waals surface area contributed by atoms with Crippen LogP contribution in [-0.2, 0) is 4.79 Å². The van der Waals surface area contributed by atoms with Gasteiger partial charge < -0.3 is 15.5 Å². The van der Waals surface area contributed by atoms with Gasteiger partial charge in [-0.2, -0.15) is 0 Å². The first-order chi connectivity index (χ1) is 20.7. The van der Waals surface area contributed by atoms with Crippen molar-refractivity contribution in [3.8, 4) is 0 Å². The van der Waals surface area contributed by atoms with Gasteiger partial charge in [-0.1, -0.05) is 200 Å². The minimum atomic E-state index is -0.651. The van der Waals surface area contributed by atoms with Crippen LogP contribution in [0.4, 0.5) is 0 Å². The van der Waals surface area contributed by atoms with E-state index in [4.69, 9.17) is 0 Å². The molecular formula is C38H77NO3. The van der Waals surface area contributed by atoms with Crippen molar-refractivity contribution in [1.82, 2.24) is 5.32 Å². The van der Waals surface area contributed by atoms with Crippen LogP contribution >= 0.6 is 0 Å². The predicted molar refractivity (Wildman–Crippen MR) is 184 cm³/mol. The molecule has 1 amide bonds. The molecule has 3 N–H and O–H groups in total. The largest absolute Gasteiger partial charge is 0.394 e. The van der Waals surface area contributed by atoms with E-state index in [1.165, 1.54) is 167 Å². The van der Waals surface area contributed by atoms with Crippen molar-refractivity contribution >= 4 is 5.91 Å². The van der Waals surface area contributed by atoms with E-state index in [2.05, 4.69) is 19.2 Å². The second-order valence-corrected chi connectivity index (χ2v) is 13.4. The topological polar surface area (TPSA) is 69.6 Å². The Morgan fingerprint density at radius 3 is 1.07 bits per heavy atom. The fourth-order valence-electron chi connectivity index (χ4n) is 6.13. The summed E-state index contributed by atoms with van der Waals surface area (Å²) >= 11 is 0. The predicted octanol–water partition coefficient (Wildman–Crippen LogP) is 11.3. The fraction of sp³-hybridized carbons (Fsp3) is 0.974. The van der Waals surface area contributed by atoms with Gasteiger partial charge in [-0.15, -0.1) is 0 Å². The summed E-state index contributed by atoms with van der Waals surface area (Å²) in [5.74, 6) is -0.0291. The molecule has 0 aliphatic carbocycles. The highest BCUT2D eigenvalue weighted by Crippen LogP contribution is 2.16. The second kappa shape index (κ2) is 34.9. The number of hydrogen-bond acceptors (Lipinski definition) is 3. The SMILES string of the molecule is CCCCCCCCCCCCCCCCCCCC(O)C(CO)NC(=O)CCCCCCCCCCCCCCC. The molecule has 0 radical (unpaired) electrons. The molecule has 0 saturated heterocycles. The molecule has 2 atom stereocenters. The molecule has 0 aliphatic heterocycles. The van der Waals surface area contributed by atoms with Crippen LogP contribution in [0.25, 0.3) is 0 Å². The Labute approximate surface area is 264 Å². The summed E-state index contributed by atoms with van der Waals surface area (Å²) in [4.78, 5) is 12.3. The monoisotopic (exact) mass is 596 g/mol. The van der Waals surface area contributed by atoms with Gasteiger partial charge in [0.05, 0.1) is 18.8 Å². The Hall–Kier alpha value is -0.610. The lowest BCUT2D eigenvalue weighted by molar-refractivity contribution is -0.123. The Balaban J connectivity index is 3.50. The summed E-state index contributed by atoms with van der Waals surface area (Å²) < 4.78 is 0. The molecule has 0 aromatic carbocycles. The highest BCUT2D eigenvalue weighted by Gasteiger charge is 2.19. The Morgan fingerprint density at radius 2 is 0.762 bits per heavy atom. The van der Waals surface area contributed by atoms with E-state index in [1.54, 1.807) is 0 Å². The molecule has 42 heavy (non-hydrogen) atoms. The molecule has 0 spiro atoms. The maximum absolute atomic E-state index is 12.3. The molecule has 0 aromatic heterocycles. The molecule has 0 bridgehead atoms. The van der Waals surface area contributed by atoms with Crippen molar-refractivity contribution in [2.75, 3.05) is 6.61 Å². The van der Waals surface area contributed by atoms with Crippen molar-refractivity contribution < 1.29 is 15.0 Å². The number of rotatable bonds is 35. The summed E-state index contributed by atoms with van der Waals surface area (Å²) in [5.41, 5.74) is 0. The number of amides is 1. The molecule has 0 aliphatic rings. The van der Waals surface area contributed by atoms with Crippen LogP contribution in [-0.4, -0.2) is 34.9 Å². The van der Waals surface area contributed by atoms with Crippen LogP contribution in [0.1, 0.15) is 219 Å². The number of unbranched alkanes of at least 4 members (excludes halogenated alkanes) is 28. The van der Waals surface area contributed by atoms with Crippen molar-refractivity contribution in [2.24, 2.45) is 0 Å². The highest BCUT2D eigenvalue weighted by atomic mass is 16.3.